The van der Waals surface area contributed by atoms with Crippen LogP contribution in [0.2, 0.25) is 0 Å². The molecule has 0 saturated carbocycles. The monoisotopic (exact) mass is 413 g/mol. The summed E-state index contributed by atoms with van der Waals surface area (Å²) in [6.45, 7) is 0. The molecule has 0 unspecified atom stereocenters. The minimum absolute atomic E-state index is 0.0370. The molecule has 0 fully saturated rings. The predicted molar refractivity (Wildman–Crippen MR) is 98.4 cm³/mol. The third-order valence-corrected chi connectivity index (χ3v) is 5.26. The van der Waals surface area contributed by atoms with Gasteiger partial charge in [0.1, 0.15) is 0 Å². The summed E-state index contributed by atoms with van der Waals surface area (Å²) in [6, 6.07) is 5.48. The predicted octanol–water partition coefficient (Wildman–Crippen LogP) is 3.24. The van der Waals surface area contributed by atoms with Crippen molar-refractivity contribution in [3.05, 3.63) is 33.0 Å². The molecule has 0 spiro atoms. The van der Waals surface area contributed by atoms with E-state index in [4.69, 9.17) is 5.21 Å². The number of hydroxylamine groups is 1. The highest BCUT2D eigenvalue weighted by Crippen LogP contribution is 2.21. The van der Waals surface area contributed by atoms with Crippen LogP contribution in [0.25, 0.3) is 10.9 Å². The van der Waals surface area contributed by atoms with Crippen molar-refractivity contribution < 1.29 is 10.0 Å². The van der Waals surface area contributed by atoms with E-state index in [2.05, 4.69) is 20.9 Å². The zero-order valence-electron chi connectivity index (χ0n) is 13.4. The number of carbonyl (C=O) groups is 1. The number of thioether (sulfide) groups is 1. The number of hydrogen-bond donors (Lipinski definition) is 2. The smallest absolute Gasteiger partial charge is 0.261 e. The zero-order valence-corrected chi connectivity index (χ0v) is 15.8. The van der Waals surface area contributed by atoms with Gasteiger partial charge in [0.05, 0.1) is 10.9 Å². The molecule has 0 radical (unpaired) electrons. The molecule has 1 aromatic heterocycles. The molecular weight excluding hydrogens is 394 g/mol. The molecule has 0 aliphatic carbocycles. The fourth-order valence-electron chi connectivity index (χ4n) is 2.31. The fraction of sp³-hybridized carbons (Fsp3) is 0.438. The van der Waals surface area contributed by atoms with Gasteiger partial charge in [0, 0.05) is 23.7 Å². The first-order valence-electron chi connectivity index (χ1n) is 7.75. The molecule has 0 atom stereocenters. The fourth-order valence-corrected chi connectivity index (χ4v) is 3.63. The Morgan fingerprint density at radius 2 is 2.08 bits per heavy atom. The number of rotatable bonds is 8. The summed E-state index contributed by atoms with van der Waals surface area (Å²) in [4.78, 5) is 27.8. The van der Waals surface area contributed by atoms with Gasteiger partial charge in [-0.25, -0.2) is 10.5 Å². The Morgan fingerprint density at radius 1 is 1.33 bits per heavy atom. The van der Waals surface area contributed by atoms with Gasteiger partial charge in [-0.1, -0.05) is 40.5 Å². The Hall–Kier alpha value is -1.38. The highest BCUT2D eigenvalue weighted by Gasteiger charge is 2.09. The normalized spacial score (nSPS) is 11.0. The molecule has 2 aromatic rings. The molecule has 2 rings (SSSR count). The second kappa shape index (κ2) is 9.19. The van der Waals surface area contributed by atoms with Gasteiger partial charge in [-0.3, -0.25) is 19.4 Å². The SMILES string of the molecule is Cn1c(SCCCCCCC(=O)NO)nc2cc(Br)ccc2c1=O. The number of halogens is 1. The van der Waals surface area contributed by atoms with Crippen LogP contribution in [0, 0.1) is 0 Å². The molecule has 1 amide bonds. The first kappa shape index (κ1) is 19.0. The van der Waals surface area contributed by atoms with E-state index in [0.29, 0.717) is 22.5 Å². The maximum Gasteiger partial charge on any atom is 0.261 e. The van der Waals surface area contributed by atoms with Crippen LogP contribution in [0.3, 0.4) is 0 Å². The maximum absolute atomic E-state index is 12.4. The lowest BCUT2D eigenvalue weighted by atomic mass is 10.1. The summed E-state index contributed by atoms with van der Waals surface area (Å²) in [7, 11) is 1.74. The van der Waals surface area contributed by atoms with Crippen molar-refractivity contribution in [3.63, 3.8) is 0 Å². The van der Waals surface area contributed by atoms with Crippen LogP contribution in [0.1, 0.15) is 32.1 Å². The second-order valence-electron chi connectivity index (χ2n) is 5.47. The number of amides is 1. The number of benzene rings is 1. The van der Waals surface area contributed by atoms with Crippen LogP contribution >= 0.6 is 27.7 Å². The lowest BCUT2D eigenvalue weighted by molar-refractivity contribution is -0.129. The van der Waals surface area contributed by atoms with E-state index in [9.17, 15) is 9.59 Å². The average Bonchev–Trinajstić information content (AvgIpc) is 2.57. The molecule has 6 nitrogen and oxygen atoms in total. The highest BCUT2D eigenvalue weighted by molar-refractivity contribution is 9.10. The molecule has 130 valence electrons. The van der Waals surface area contributed by atoms with Crippen molar-refractivity contribution in [3.8, 4) is 0 Å². The maximum atomic E-state index is 12.4. The largest absolute Gasteiger partial charge is 0.290 e. The molecule has 0 aliphatic heterocycles. The van der Waals surface area contributed by atoms with Crippen molar-refractivity contribution in [1.29, 1.82) is 0 Å². The van der Waals surface area contributed by atoms with E-state index >= 15 is 0 Å². The summed E-state index contributed by atoms with van der Waals surface area (Å²) >= 11 is 4.97. The number of nitrogens with zero attached hydrogens (tertiary/aromatic N) is 2. The molecule has 0 bridgehead atoms. The minimum Gasteiger partial charge on any atom is -0.290 e. The number of hydrogen-bond acceptors (Lipinski definition) is 5. The molecule has 0 saturated heterocycles. The Morgan fingerprint density at radius 3 is 2.83 bits per heavy atom. The molecule has 1 aromatic carbocycles. The van der Waals surface area contributed by atoms with Gasteiger partial charge >= 0.3 is 0 Å². The van der Waals surface area contributed by atoms with Gasteiger partial charge in [0.2, 0.25) is 5.91 Å². The molecule has 24 heavy (non-hydrogen) atoms. The van der Waals surface area contributed by atoms with Gasteiger partial charge in [-0.15, -0.1) is 0 Å². The Labute approximate surface area is 152 Å². The summed E-state index contributed by atoms with van der Waals surface area (Å²) in [5.41, 5.74) is 2.29. The Balaban J connectivity index is 1.88. The van der Waals surface area contributed by atoms with Crippen molar-refractivity contribution in [2.24, 2.45) is 7.05 Å². The lowest BCUT2D eigenvalue weighted by Crippen LogP contribution is -2.20. The van der Waals surface area contributed by atoms with E-state index in [0.717, 1.165) is 35.9 Å². The topological polar surface area (TPSA) is 84.2 Å². The van der Waals surface area contributed by atoms with Crippen LogP contribution < -0.4 is 11.0 Å². The minimum atomic E-state index is -0.342. The van der Waals surface area contributed by atoms with E-state index in [-0.39, 0.29) is 11.5 Å². The zero-order chi connectivity index (χ0) is 17.5. The number of nitrogens with one attached hydrogen (secondary N) is 1. The first-order chi connectivity index (χ1) is 11.5. The van der Waals surface area contributed by atoms with E-state index < -0.39 is 0 Å². The van der Waals surface area contributed by atoms with Crippen LogP contribution in [0.4, 0.5) is 0 Å². The average molecular weight is 414 g/mol. The van der Waals surface area contributed by atoms with Crippen molar-refractivity contribution in [2.75, 3.05) is 5.75 Å². The van der Waals surface area contributed by atoms with E-state index in [1.165, 1.54) is 0 Å². The van der Waals surface area contributed by atoms with Crippen molar-refractivity contribution >= 4 is 44.5 Å². The highest BCUT2D eigenvalue weighted by atomic mass is 79.9. The lowest BCUT2D eigenvalue weighted by Gasteiger charge is -2.09. The number of fused-ring (bicyclic) bond motifs is 1. The summed E-state index contributed by atoms with van der Waals surface area (Å²) in [6.07, 6.45) is 4.03. The summed E-state index contributed by atoms with van der Waals surface area (Å²) in [5.74, 6) is 0.525. The van der Waals surface area contributed by atoms with Crippen molar-refractivity contribution in [1.82, 2.24) is 15.0 Å². The third-order valence-electron chi connectivity index (χ3n) is 3.65. The number of aromatic nitrogens is 2. The van der Waals surface area contributed by atoms with Crippen LogP contribution in [-0.4, -0.2) is 26.4 Å². The van der Waals surface area contributed by atoms with E-state index in [1.807, 2.05) is 12.1 Å². The standard InChI is InChI=1S/C16H20BrN3O3S/c1-20-15(22)12-8-7-11(17)10-13(12)18-16(20)24-9-5-3-2-4-6-14(21)19-23/h7-8,10,23H,2-6,9H2,1H3,(H,19,21). The van der Waals surface area contributed by atoms with Crippen LogP contribution in [0.5, 0.6) is 0 Å². The first-order valence-corrected chi connectivity index (χ1v) is 9.53. The third kappa shape index (κ3) is 5.06. The van der Waals surface area contributed by atoms with Gasteiger partial charge in [0.25, 0.3) is 5.56 Å². The Bertz CT molecular complexity index is 779. The van der Waals surface area contributed by atoms with Gasteiger partial charge < -0.3 is 0 Å². The second-order valence-corrected chi connectivity index (χ2v) is 7.45. The van der Waals surface area contributed by atoms with Gasteiger partial charge in [-0.2, -0.15) is 0 Å². The molecule has 1 heterocycles. The van der Waals surface area contributed by atoms with Crippen LogP contribution in [-0.2, 0) is 11.8 Å². The van der Waals surface area contributed by atoms with E-state index in [1.54, 1.807) is 34.9 Å². The number of unbranched alkanes of at least 4 members (excludes halogenated alkanes) is 3. The molecule has 0 aliphatic rings. The molecule has 2 N–H and O–H groups in total. The van der Waals surface area contributed by atoms with Crippen molar-refractivity contribution in [2.45, 2.75) is 37.3 Å². The van der Waals surface area contributed by atoms with Gasteiger partial charge in [0.15, 0.2) is 5.16 Å². The van der Waals surface area contributed by atoms with Crippen LogP contribution in [0.15, 0.2) is 32.6 Å². The summed E-state index contributed by atoms with van der Waals surface area (Å²) < 4.78 is 2.49. The molecular formula is C16H20BrN3O3S. The quantitative estimate of drug-likeness (QED) is 0.228. The molecule has 8 heteroatoms. The summed E-state index contributed by atoms with van der Waals surface area (Å²) in [5, 5.41) is 9.73. The van der Waals surface area contributed by atoms with Gasteiger partial charge in [-0.05, 0) is 31.0 Å². The Kier molecular flexibility index (Phi) is 7.26. The number of carbonyl (C=O) groups excluding carboxylic acids is 1.